The average Bonchev–Trinajstić information content (AvgIpc) is 2.81. The summed E-state index contributed by atoms with van der Waals surface area (Å²) in [5.74, 6) is 0. The molecule has 0 amide bonds. The highest BCUT2D eigenvalue weighted by molar-refractivity contribution is 5.62. The van der Waals surface area contributed by atoms with Crippen molar-refractivity contribution in [1.82, 2.24) is 4.90 Å². The van der Waals surface area contributed by atoms with Crippen molar-refractivity contribution in [2.24, 2.45) is 10.7 Å². The Labute approximate surface area is 113 Å². The first-order valence-electron chi connectivity index (χ1n) is 7.84. The van der Waals surface area contributed by atoms with Gasteiger partial charge in [0.15, 0.2) is 0 Å². The van der Waals surface area contributed by atoms with E-state index in [4.69, 9.17) is 5.73 Å². The SMILES string of the molecule is CCCCCCCCCCC1N=CCN1CCN. The van der Waals surface area contributed by atoms with E-state index in [-0.39, 0.29) is 0 Å². The van der Waals surface area contributed by atoms with Crippen LogP contribution in [0.25, 0.3) is 0 Å². The van der Waals surface area contributed by atoms with Crippen LogP contribution in [0.5, 0.6) is 0 Å². The summed E-state index contributed by atoms with van der Waals surface area (Å²) in [5, 5.41) is 0. The fraction of sp³-hybridized carbons (Fsp3) is 0.933. The molecule has 1 rings (SSSR count). The summed E-state index contributed by atoms with van der Waals surface area (Å²) >= 11 is 0. The number of unbranched alkanes of at least 4 members (excludes halogenated alkanes) is 7. The Kier molecular flexibility index (Phi) is 9.13. The maximum absolute atomic E-state index is 5.61. The lowest BCUT2D eigenvalue weighted by Crippen LogP contribution is -2.34. The largest absolute Gasteiger partial charge is 0.329 e. The molecule has 0 bridgehead atoms. The smallest absolute Gasteiger partial charge is 0.102 e. The van der Waals surface area contributed by atoms with Crippen LogP contribution in [-0.2, 0) is 0 Å². The van der Waals surface area contributed by atoms with Crippen LogP contribution in [0.1, 0.15) is 64.7 Å². The first-order chi connectivity index (χ1) is 8.88. The molecule has 2 N–H and O–H groups in total. The van der Waals surface area contributed by atoms with Crippen LogP contribution >= 0.6 is 0 Å². The summed E-state index contributed by atoms with van der Waals surface area (Å²) in [7, 11) is 0. The van der Waals surface area contributed by atoms with Crippen LogP contribution in [0.15, 0.2) is 4.99 Å². The lowest BCUT2D eigenvalue weighted by atomic mass is 10.1. The summed E-state index contributed by atoms with van der Waals surface area (Å²) < 4.78 is 0. The van der Waals surface area contributed by atoms with Gasteiger partial charge in [-0.1, -0.05) is 51.9 Å². The van der Waals surface area contributed by atoms with E-state index < -0.39 is 0 Å². The van der Waals surface area contributed by atoms with E-state index in [1.165, 1.54) is 57.8 Å². The molecule has 18 heavy (non-hydrogen) atoms. The molecule has 0 radical (unpaired) electrons. The number of rotatable bonds is 11. The van der Waals surface area contributed by atoms with Crippen LogP contribution in [0.3, 0.4) is 0 Å². The van der Waals surface area contributed by atoms with Crippen molar-refractivity contribution in [2.75, 3.05) is 19.6 Å². The van der Waals surface area contributed by atoms with Crippen molar-refractivity contribution < 1.29 is 0 Å². The second kappa shape index (κ2) is 10.5. The molecule has 0 aromatic rings. The maximum Gasteiger partial charge on any atom is 0.102 e. The molecule has 0 aromatic carbocycles. The Balaban J connectivity index is 1.92. The Morgan fingerprint density at radius 3 is 2.44 bits per heavy atom. The zero-order chi connectivity index (χ0) is 13.1. The van der Waals surface area contributed by atoms with Gasteiger partial charge in [-0.2, -0.15) is 0 Å². The third kappa shape index (κ3) is 6.50. The lowest BCUT2D eigenvalue weighted by molar-refractivity contribution is 0.241. The molecule has 0 aromatic heterocycles. The topological polar surface area (TPSA) is 41.6 Å². The number of aliphatic imine (C=N–C) groups is 1. The number of nitrogens with two attached hydrogens (primary N) is 1. The summed E-state index contributed by atoms with van der Waals surface area (Å²) in [6.07, 6.45) is 14.8. The second-order valence-electron chi connectivity index (χ2n) is 5.36. The number of nitrogens with zero attached hydrogens (tertiary/aromatic N) is 2. The summed E-state index contributed by atoms with van der Waals surface area (Å²) in [4.78, 5) is 6.93. The van der Waals surface area contributed by atoms with Crippen LogP contribution < -0.4 is 5.73 Å². The maximum atomic E-state index is 5.61. The fourth-order valence-electron chi connectivity index (χ4n) is 2.61. The summed E-state index contributed by atoms with van der Waals surface area (Å²) in [6, 6.07) is 0. The van der Waals surface area contributed by atoms with E-state index in [0.29, 0.717) is 6.17 Å². The van der Waals surface area contributed by atoms with Gasteiger partial charge in [0, 0.05) is 25.8 Å². The predicted molar refractivity (Wildman–Crippen MR) is 80.1 cm³/mol. The van der Waals surface area contributed by atoms with Gasteiger partial charge >= 0.3 is 0 Å². The van der Waals surface area contributed by atoms with E-state index in [1.54, 1.807) is 0 Å². The van der Waals surface area contributed by atoms with Crippen LogP contribution in [0.4, 0.5) is 0 Å². The molecule has 1 aliphatic rings. The molecular weight excluding hydrogens is 222 g/mol. The average molecular weight is 253 g/mol. The summed E-state index contributed by atoms with van der Waals surface area (Å²) in [5.41, 5.74) is 5.61. The highest BCUT2D eigenvalue weighted by Crippen LogP contribution is 2.15. The van der Waals surface area contributed by atoms with Gasteiger partial charge in [-0.3, -0.25) is 9.89 Å². The standard InChI is InChI=1S/C15H31N3/c1-2-3-4-5-6-7-8-9-10-15-17-12-14-18(15)13-11-16/h12,15H,2-11,13-14,16H2,1H3. The first kappa shape index (κ1) is 15.6. The molecule has 106 valence electrons. The molecule has 1 atom stereocenters. The molecule has 0 saturated carbocycles. The van der Waals surface area contributed by atoms with Crippen molar-refractivity contribution in [3.05, 3.63) is 0 Å². The third-order valence-corrected chi connectivity index (χ3v) is 3.75. The Morgan fingerprint density at radius 1 is 1.11 bits per heavy atom. The molecule has 0 aliphatic carbocycles. The fourth-order valence-corrected chi connectivity index (χ4v) is 2.61. The monoisotopic (exact) mass is 253 g/mol. The first-order valence-corrected chi connectivity index (χ1v) is 7.84. The van der Waals surface area contributed by atoms with Gasteiger partial charge < -0.3 is 5.73 Å². The highest BCUT2D eigenvalue weighted by atomic mass is 15.3. The minimum absolute atomic E-state index is 0.425. The van der Waals surface area contributed by atoms with Gasteiger partial charge in [-0.05, 0) is 12.8 Å². The molecule has 3 heteroatoms. The van der Waals surface area contributed by atoms with Gasteiger partial charge in [0.25, 0.3) is 0 Å². The van der Waals surface area contributed by atoms with Gasteiger partial charge in [-0.15, -0.1) is 0 Å². The highest BCUT2D eigenvalue weighted by Gasteiger charge is 2.18. The molecule has 1 unspecified atom stereocenters. The third-order valence-electron chi connectivity index (χ3n) is 3.75. The van der Waals surface area contributed by atoms with Gasteiger partial charge in [0.1, 0.15) is 6.17 Å². The zero-order valence-electron chi connectivity index (χ0n) is 12.1. The second-order valence-corrected chi connectivity index (χ2v) is 5.36. The van der Waals surface area contributed by atoms with Crippen molar-refractivity contribution in [1.29, 1.82) is 0 Å². The van der Waals surface area contributed by atoms with Crippen LogP contribution in [0.2, 0.25) is 0 Å². The predicted octanol–water partition coefficient (Wildman–Crippen LogP) is 3.19. The van der Waals surface area contributed by atoms with Gasteiger partial charge in [0.2, 0.25) is 0 Å². The minimum atomic E-state index is 0.425. The molecule has 1 heterocycles. The Bertz CT molecular complexity index is 216. The van der Waals surface area contributed by atoms with Crippen LogP contribution in [-0.4, -0.2) is 36.9 Å². The van der Waals surface area contributed by atoms with Crippen LogP contribution in [0, 0.1) is 0 Å². The van der Waals surface area contributed by atoms with Crippen molar-refractivity contribution in [3.63, 3.8) is 0 Å². The summed E-state index contributed by atoms with van der Waals surface area (Å²) in [6.45, 7) is 5.01. The lowest BCUT2D eigenvalue weighted by Gasteiger charge is -2.21. The Hall–Kier alpha value is -0.410. The molecule has 3 nitrogen and oxygen atoms in total. The molecule has 0 spiro atoms. The van der Waals surface area contributed by atoms with E-state index in [0.717, 1.165) is 19.6 Å². The minimum Gasteiger partial charge on any atom is -0.329 e. The van der Waals surface area contributed by atoms with E-state index in [2.05, 4.69) is 16.8 Å². The van der Waals surface area contributed by atoms with E-state index in [9.17, 15) is 0 Å². The Morgan fingerprint density at radius 2 is 1.78 bits per heavy atom. The van der Waals surface area contributed by atoms with E-state index >= 15 is 0 Å². The van der Waals surface area contributed by atoms with Gasteiger partial charge in [0.05, 0.1) is 0 Å². The number of hydrogen-bond acceptors (Lipinski definition) is 3. The molecule has 1 aliphatic heterocycles. The molecule has 0 saturated heterocycles. The van der Waals surface area contributed by atoms with Crippen molar-refractivity contribution in [3.8, 4) is 0 Å². The van der Waals surface area contributed by atoms with Gasteiger partial charge in [-0.25, -0.2) is 0 Å². The van der Waals surface area contributed by atoms with E-state index in [1.807, 2.05) is 6.21 Å². The molecule has 0 fully saturated rings. The van der Waals surface area contributed by atoms with Crippen molar-refractivity contribution >= 4 is 6.21 Å². The zero-order valence-corrected chi connectivity index (χ0v) is 12.1. The molecular formula is C15H31N3. The quantitative estimate of drug-likeness (QED) is 0.575. The normalized spacial score (nSPS) is 19.8. The van der Waals surface area contributed by atoms with Crippen molar-refractivity contribution in [2.45, 2.75) is 70.9 Å². The number of hydrogen-bond donors (Lipinski definition) is 1.